The van der Waals surface area contributed by atoms with Gasteiger partial charge in [0.1, 0.15) is 0 Å². The highest BCUT2D eigenvalue weighted by molar-refractivity contribution is 6.51. The van der Waals surface area contributed by atoms with Crippen LogP contribution in [-0.4, -0.2) is 44.8 Å². The first-order valence-electron chi connectivity index (χ1n) is 5.13. The zero-order valence-corrected chi connectivity index (χ0v) is 13.9. The molecular weight excluding hydrogens is 492 g/mol. The Morgan fingerprint density at radius 1 is 0.538 bits per heavy atom. The van der Waals surface area contributed by atoms with Gasteiger partial charge in [0.05, 0.1) is 0 Å². The molecule has 0 N–H and O–H groups in total. The van der Waals surface area contributed by atoms with E-state index in [1.165, 1.54) is 0 Å². The molecule has 4 nitrogen and oxygen atoms in total. The Bertz CT molecular complexity index is 520. The lowest BCUT2D eigenvalue weighted by molar-refractivity contribution is -0.298. The van der Waals surface area contributed by atoms with Crippen molar-refractivity contribution in [1.82, 2.24) is 0 Å². The number of alkyl halides is 14. The normalized spacial score (nSPS) is 14.8. The SMILES string of the molecule is O=C(OOC(=O)C(F)(F)C(Cl)(Cl)C(F)(F)F)C(F)(F)C(Cl)(Cl)C(F)(F)F. The lowest BCUT2D eigenvalue weighted by Crippen LogP contribution is -2.57. The number of halogens is 14. The second-order valence-electron chi connectivity index (χ2n) is 4.03. The zero-order valence-electron chi connectivity index (χ0n) is 10.9. The Kier molecular flexibility index (Phi) is 6.93. The van der Waals surface area contributed by atoms with Crippen LogP contribution in [0.1, 0.15) is 0 Å². The van der Waals surface area contributed by atoms with Gasteiger partial charge in [0.2, 0.25) is 0 Å². The van der Waals surface area contributed by atoms with E-state index in [1.54, 1.807) is 0 Å². The van der Waals surface area contributed by atoms with Crippen molar-refractivity contribution in [1.29, 1.82) is 0 Å². The third kappa shape index (κ3) is 4.28. The second kappa shape index (κ2) is 7.09. The summed E-state index contributed by atoms with van der Waals surface area (Å²) in [5, 5.41) is 0. The van der Waals surface area contributed by atoms with Gasteiger partial charge in [0.25, 0.3) is 8.67 Å². The number of carbonyl (C=O) groups excluding carboxylic acids is 2. The first kappa shape index (κ1) is 25.4. The number of hydrogen-bond donors (Lipinski definition) is 0. The van der Waals surface area contributed by atoms with Crippen LogP contribution in [0.5, 0.6) is 0 Å². The van der Waals surface area contributed by atoms with Crippen molar-refractivity contribution in [2.45, 2.75) is 32.9 Å². The van der Waals surface area contributed by atoms with Gasteiger partial charge in [-0.25, -0.2) is 19.4 Å². The van der Waals surface area contributed by atoms with Gasteiger partial charge in [-0.05, 0) is 0 Å². The van der Waals surface area contributed by atoms with Gasteiger partial charge >= 0.3 is 36.1 Å². The van der Waals surface area contributed by atoms with Gasteiger partial charge in [-0.3, -0.25) is 0 Å². The standard InChI is InChI=1S/C8Cl4F10O4/c9-5(10,7(17,18)19)3(13,14)1(23)25-26-2(24)4(15,16)6(11,12)8(20,21)22. The average Bonchev–Trinajstić information content (AvgIpc) is 2.40. The van der Waals surface area contributed by atoms with Gasteiger partial charge in [-0.2, -0.15) is 43.9 Å². The highest BCUT2D eigenvalue weighted by atomic mass is 35.5. The molecule has 0 aliphatic heterocycles. The van der Waals surface area contributed by atoms with Crippen LogP contribution in [-0.2, 0) is 19.4 Å². The van der Waals surface area contributed by atoms with E-state index in [0.717, 1.165) is 0 Å². The fraction of sp³-hybridized carbons (Fsp3) is 0.750. The van der Waals surface area contributed by atoms with Crippen LogP contribution >= 0.6 is 46.4 Å². The van der Waals surface area contributed by atoms with Crippen LogP contribution in [0.15, 0.2) is 0 Å². The van der Waals surface area contributed by atoms with E-state index in [1.807, 2.05) is 0 Å². The van der Waals surface area contributed by atoms with Gasteiger partial charge in [0, 0.05) is 0 Å². The minimum Gasteiger partial charge on any atom is -0.240 e. The van der Waals surface area contributed by atoms with E-state index in [0.29, 0.717) is 0 Å². The fourth-order valence-corrected chi connectivity index (χ4v) is 1.10. The molecule has 0 saturated carbocycles. The van der Waals surface area contributed by atoms with Crippen molar-refractivity contribution in [2.24, 2.45) is 0 Å². The maximum absolute atomic E-state index is 13.2. The molecule has 18 heteroatoms. The summed E-state index contributed by atoms with van der Waals surface area (Å²) < 4.78 is 116. The molecule has 0 heterocycles. The third-order valence-corrected chi connectivity index (χ3v) is 4.01. The maximum Gasteiger partial charge on any atom is 0.428 e. The summed E-state index contributed by atoms with van der Waals surface area (Å²) in [5.41, 5.74) is 0. The zero-order chi connectivity index (χ0) is 21.6. The monoisotopic (exact) mass is 490 g/mol. The Morgan fingerprint density at radius 3 is 0.885 bits per heavy atom. The molecule has 0 atom stereocenters. The summed E-state index contributed by atoms with van der Waals surface area (Å²) in [5.74, 6) is -19.0. The van der Waals surface area contributed by atoms with Gasteiger partial charge in [0.15, 0.2) is 0 Å². The largest absolute Gasteiger partial charge is 0.428 e. The Morgan fingerprint density at radius 2 is 0.731 bits per heavy atom. The van der Waals surface area contributed by atoms with Gasteiger partial charge < -0.3 is 0 Å². The molecule has 0 bridgehead atoms. The topological polar surface area (TPSA) is 52.6 Å². The molecule has 154 valence electrons. The van der Waals surface area contributed by atoms with E-state index in [9.17, 15) is 53.5 Å². The molecule has 0 radical (unpaired) electrons. The van der Waals surface area contributed by atoms with E-state index in [-0.39, 0.29) is 0 Å². The molecule has 0 rings (SSSR count). The molecule has 0 aromatic rings. The van der Waals surface area contributed by atoms with Crippen LogP contribution in [0.4, 0.5) is 43.9 Å². The molecule has 0 aliphatic carbocycles. The Labute approximate surface area is 155 Å². The predicted molar refractivity (Wildman–Crippen MR) is 63.1 cm³/mol. The molecule has 0 aromatic heterocycles. The van der Waals surface area contributed by atoms with Crippen molar-refractivity contribution >= 4 is 58.3 Å². The first-order chi connectivity index (χ1) is 11.0. The molecule has 0 unspecified atom stereocenters. The molecule has 0 aliphatic rings. The molecule has 0 fully saturated rings. The number of rotatable bonds is 4. The van der Waals surface area contributed by atoms with E-state index in [4.69, 9.17) is 0 Å². The Hall–Kier alpha value is -0.600. The van der Waals surface area contributed by atoms with Gasteiger partial charge in [-0.15, -0.1) is 0 Å². The smallest absolute Gasteiger partial charge is 0.240 e. The van der Waals surface area contributed by atoms with Gasteiger partial charge in [-0.1, -0.05) is 46.4 Å². The van der Waals surface area contributed by atoms with Crippen molar-refractivity contribution in [2.75, 3.05) is 0 Å². The molecule has 0 saturated heterocycles. The molecule has 0 aromatic carbocycles. The van der Waals surface area contributed by atoms with Crippen LogP contribution < -0.4 is 0 Å². The van der Waals surface area contributed by atoms with Crippen LogP contribution in [0.3, 0.4) is 0 Å². The summed E-state index contributed by atoms with van der Waals surface area (Å²) >= 11 is 17.0. The number of hydrogen-bond acceptors (Lipinski definition) is 4. The molecular formula is C8Cl4F10O4. The quantitative estimate of drug-likeness (QED) is 0.247. The van der Waals surface area contributed by atoms with Crippen molar-refractivity contribution in [3.63, 3.8) is 0 Å². The minimum atomic E-state index is -6.19. The number of carbonyl (C=O) groups is 2. The summed E-state index contributed by atoms with van der Waals surface area (Å²) in [6.07, 6.45) is -12.4. The maximum atomic E-state index is 13.2. The molecule has 26 heavy (non-hydrogen) atoms. The van der Waals surface area contributed by atoms with Crippen LogP contribution in [0, 0.1) is 0 Å². The average molecular weight is 492 g/mol. The van der Waals surface area contributed by atoms with Crippen molar-refractivity contribution < 1.29 is 63.3 Å². The lowest BCUT2D eigenvalue weighted by Gasteiger charge is -2.30. The summed E-state index contributed by atoms with van der Waals surface area (Å²) in [4.78, 5) is 26.9. The predicted octanol–water partition coefficient (Wildman–Crippen LogP) is 4.73. The molecule has 0 spiro atoms. The second-order valence-corrected chi connectivity index (χ2v) is 6.69. The third-order valence-electron chi connectivity index (χ3n) is 2.21. The minimum absolute atomic E-state index is 2.67. The highest BCUT2D eigenvalue weighted by Gasteiger charge is 2.75. The fourth-order valence-electron chi connectivity index (χ4n) is 0.793. The van der Waals surface area contributed by atoms with E-state index >= 15 is 0 Å². The van der Waals surface area contributed by atoms with E-state index < -0.39 is 44.8 Å². The highest BCUT2D eigenvalue weighted by Crippen LogP contribution is 2.52. The summed E-state index contributed by atoms with van der Waals surface area (Å²) in [6, 6.07) is 0. The van der Waals surface area contributed by atoms with Crippen molar-refractivity contribution in [3.05, 3.63) is 0 Å². The van der Waals surface area contributed by atoms with Crippen LogP contribution in [0.25, 0.3) is 0 Å². The lowest BCUT2D eigenvalue weighted by atomic mass is 10.2. The summed E-state index contributed by atoms with van der Waals surface area (Å²) in [6.45, 7) is 0. The van der Waals surface area contributed by atoms with Crippen molar-refractivity contribution in [3.8, 4) is 0 Å². The Balaban J connectivity index is 5.38. The van der Waals surface area contributed by atoms with Crippen LogP contribution in [0.2, 0.25) is 0 Å². The first-order valence-corrected chi connectivity index (χ1v) is 6.64. The summed E-state index contributed by atoms with van der Waals surface area (Å²) in [7, 11) is 0. The molecule has 0 amide bonds. The van der Waals surface area contributed by atoms with E-state index in [2.05, 4.69) is 56.2 Å².